The number of pyridine rings is 1. The van der Waals surface area contributed by atoms with Gasteiger partial charge in [0.2, 0.25) is 0 Å². The minimum atomic E-state index is -0.0647. The fourth-order valence-corrected chi connectivity index (χ4v) is 1.64. The largest absolute Gasteiger partial charge is 0.497 e. The van der Waals surface area contributed by atoms with Crippen LogP contribution in [-0.4, -0.2) is 10.7 Å². The van der Waals surface area contributed by atoms with Crippen LogP contribution in [0.25, 0.3) is 10.8 Å². The second kappa shape index (κ2) is 3.46. The molecule has 0 radical (unpaired) electrons. The molecule has 0 aliphatic rings. The Morgan fingerprint density at radius 1 is 1.36 bits per heavy atom. The number of aromatic nitrogens is 1. The Labute approximate surface area is 89.3 Å². The van der Waals surface area contributed by atoms with Gasteiger partial charge >= 0.3 is 0 Å². The van der Waals surface area contributed by atoms with Gasteiger partial charge in [0.15, 0.2) is 0 Å². The predicted octanol–water partition coefficient (Wildman–Crippen LogP) is 2.17. The molecule has 2 rings (SSSR count). The van der Waals surface area contributed by atoms with Gasteiger partial charge in [0.25, 0.3) is 5.56 Å². The number of hydrogen-bond acceptors (Lipinski definition) is 2. The van der Waals surface area contributed by atoms with Crippen LogP contribution in [0.1, 0.15) is 0 Å². The number of nitrogens with zero attached hydrogens (tertiary/aromatic N) is 1. The number of hydrogen-bond donors (Lipinski definition) is 0. The quantitative estimate of drug-likeness (QED) is 0.780. The van der Waals surface area contributed by atoms with E-state index in [2.05, 4.69) is 16.1 Å². The van der Waals surface area contributed by atoms with E-state index < -0.39 is 0 Å². The van der Waals surface area contributed by atoms with E-state index >= 15 is 0 Å². The zero-order valence-corrected chi connectivity index (χ0v) is 9.11. The van der Waals surface area contributed by atoms with Crippen molar-refractivity contribution in [2.45, 2.75) is 0 Å². The first-order chi connectivity index (χ1) is 6.72. The number of rotatable bonds is 1. The van der Waals surface area contributed by atoms with Crippen molar-refractivity contribution in [3.8, 4) is 5.75 Å². The molecule has 4 heteroatoms. The molecule has 1 heterocycles. The summed E-state index contributed by atoms with van der Waals surface area (Å²) in [5.41, 5.74) is -0.0647. The third kappa shape index (κ3) is 1.42. The zero-order valence-electron chi connectivity index (χ0n) is 7.53. The summed E-state index contributed by atoms with van der Waals surface area (Å²) in [6, 6.07) is 7.22. The lowest BCUT2D eigenvalue weighted by Gasteiger charge is -2.02. The van der Waals surface area contributed by atoms with Gasteiger partial charge in [-0.15, -0.1) is 0 Å². The van der Waals surface area contributed by atoms with Crippen molar-refractivity contribution in [3.63, 3.8) is 0 Å². The minimum Gasteiger partial charge on any atom is -0.497 e. The van der Waals surface area contributed by atoms with E-state index in [1.807, 2.05) is 12.1 Å². The van der Waals surface area contributed by atoms with Crippen molar-refractivity contribution in [2.24, 2.45) is 0 Å². The highest BCUT2D eigenvalue weighted by molar-refractivity contribution is 9.08. The molecule has 1 aromatic carbocycles. The molecule has 0 N–H and O–H groups in total. The molecule has 0 unspecified atom stereocenters. The summed E-state index contributed by atoms with van der Waals surface area (Å²) < 4.78 is 6.45. The first-order valence-corrected chi connectivity index (χ1v) is 4.79. The smallest absolute Gasteiger partial charge is 0.268 e. The zero-order chi connectivity index (χ0) is 10.1. The van der Waals surface area contributed by atoms with E-state index in [0.717, 1.165) is 11.1 Å². The van der Waals surface area contributed by atoms with Crippen molar-refractivity contribution in [1.82, 2.24) is 3.59 Å². The van der Waals surface area contributed by atoms with Gasteiger partial charge in [-0.1, -0.05) is 0 Å². The van der Waals surface area contributed by atoms with Crippen molar-refractivity contribution in [3.05, 3.63) is 40.8 Å². The molecule has 0 atom stereocenters. The molecule has 72 valence electrons. The van der Waals surface area contributed by atoms with E-state index in [9.17, 15) is 4.79 Å². The van der Waals surface area contributed by atoms with E-state index in [4.69, 9.17) is 4.74 Å². The Balaban J connectivity index is 2.81. The highest BCUT2D eigenvalue weighted by atomic mass is 79.9. The highest BCUT2D eigenvalue weighted by Crippen LogP contribution is 2.17. The maximum absolute atomic E-state index is 11.6. The van der Waals surface area contributed by atoms with Gasteiger partial charge in [-0.2, -0.15) is 0 Å². The lowest BCUT2D eigenvalue weighted by atomic mass is 10.2. The van der Waals surface area contributed by atoms with Crippen molar-refractivity contribution in [2.75, 3.05) is 7.11 Å². The Morgan fingerprint density at radius 2 is 2.14 bits per heavy atom. The van der Waals surface area contributed by atoms with Gasteiger partial charge in [-0.3, -0.25) is 4.79 Å². The molecule has 0 aliphatic heterocycles. The average molecular weight is 254 g/mol. The SMILES string of the molecule is COc1ccc2c(=O)n(Br)ccc2c1. The van der Waals surface area contributed by atoms with Crippen LogP contribution in [0.2, 0.25) is 0 Å². The van der Waals surface area contributed by atoms with E-state index in [-0.39, 0.29) is 5.56 Å². The molecule has 1 aromatic heterocycles. The maximum Gasteiger partial charge on any atom is 0.268 e. The number of fused-ring (bicyclic) bond motifs is 1. The molecule has 0 fully saturated rings. The van der Waals surface area contributed by atoms with Gasteiger partial charge in [-0.05, 0) is 29.7 Å². The predicted molar refractivity (Wildman–Crippen MR) is 59.1 cm³/mol. The van der Waals surface area contributed by atoms with Gasteiger partial charge in [0.05, 0.1) is 23.3 Å². The number of ether oxygens (including phenoxy) is 1. The fraction of sp³-hybridized carbons (Fsp3) is 0.100. The van der Waals surface area contributed by atoms with Crippen LogP contribution in [0.4, 0.5) is 0 Å². The van der Waals surface area contributed by atoms with Crippen LogP contribution in [0.15, 0.2) is 35.3 Å². The topological polar surface area (TPSA) is 31.2 Å². The van der Waals surface area contributed by atoms with E-state index in [1.54, 1.807) is 25.4 Å². The third-order valence-corrected chi connectivity index (χ3v) is 2.63. The summed E-state index contributed by atoms with van der Waals surface area (Å²) in [4.78, 5) is 11.6. The molecule has 0 saturated heterocycles. The van der Waals surface area contributed by atoms with Crippen LogP contribution in [0, 0.1) is 0 Å². The first kappa shape index (κ1) is 9.27. The van der Waals surface area contributed by atoms with Crippen LogP contribution in [-0.2, 0) is 0 Å². The summed E-state index contributed by atoms with van der Waals surface area (Å²) in [6.07, 6.45) is 1.67. The van der Waals surface area contributed by atoms with Crippen LogP contribution in [0.3, 0.4) is 0 Å². The molecule has 0 spiro atoms. The lowest BCUT2D eigenvalue weighted by molar-refractivity contribution is 0.415. The Bertz CT molecular complexity index is 533. The van der Waals surface area contributed by atoms with Crippen LogP contribution < -0.4 is 10.3 Å². The second-order valence-electron chi connectivity index (χ2n) is 2.89. The third-order valence-electron chi connectivity index (χ3n) is 2.07. The Kier molecular flexibility index (Phi) is 2.29. The molecular formula is C10H8BrNO2. The summed E-state index contributed by atoms with van der Waals surface area (Å²) in [6.45, 7) is 0. The summed E-state index contributed by atoms with van der Waals surface area (Å²) in [5, 5.41) is 1.55. The molecule has 0 bridgehead atoms. The van der Waals surface area contributed by atoms with Crippen LogP contribution in [0.5, 0.6) is 5.75 Å². The Morgan fingerprint density at radius 3 is 2.86 bits per heavy atom. The summed E-state index contributed by atoms with van der Waals surface area (Å²) in [5.74, 6) is 0.754. The molecular weight excluding hydrogens is 246 g/mol. The molecule has 0 aliphatic carbocycles. The normalized spacial score (nSPS) is 10.4. The fourth-order valence-electron chi connectivity index (χ4n) is 1.33. The average Bonchev–Trinajstić information content (AvgIpc) is 2.23. The monoisotopic (exact) mass is 253 g/mol. The molecule has 2 aromatic rings. The summed E-state index contributed by atoms with van der Waals surface area (Å²) >= 11 is 3.12. The Hall–Kier alpha value is -1.29. The second-order valence-corrected chi connectivity index (χ2v) is 3.65. The maximum atomic E-state index is 11.6. The summed E-state index contributed by atoms with van der Waals surface area (Å²) in [7, 11) is 1.60. The van der Waals surface area contributed by atoms with Gasteiger partial charge < -0.3 is 4.74 Å². The number of benzene rings is 1. The first-order valence-electron chi connectivity index (χ1n) is 4.08. The number of methoxy groups -OCH3 is 1. The van der Waals surface area contributed by atoms with E-state index in [0.29, 0.717) is 5.39 Å². The van der Waals surface area contributed by atoms with Gasteiger partial charge in [-0.25, -0.2) is 3.59 Å². The molecule has 0 amide bonds. The van der Waals surface area contributed by atoms with Crippen molar-refractivity contribution < 1.29 is 4.74 Å². The molecule has 3 nitrogen and oxygen atoms in total. The van der Waals surface area contributed by atoms with E-state index in [1.165, 1.54) is 3.59 Å². The van der Waals surface area contributed by atoms with Gasteiger partial charge in [0, 0.05) is 11.6 Å². The minimum absolute atomic E-state index is 0.0647. The standard InChI is InChI=1S/C10H8BrNO2/c1-14-8-2-3-9-7(6-8)4-5-12(11)10(9)13/h2-6H,1H3. The van der Waals surface area contributed by atoms with Crippen LogP contribution >= 0.6 is 16.1 Å². The molecule has 0 saturated carbocycles. The molecule has 14 heavy (non-hydrogen) atoms. The number of halogens is 1. The van der Waals surface area contributed by atoms with Crippen molar-refractivity contribution in [1.29, 1.82) is 0 Å². The lowest BCUT2D eigenvalue weighted by Crippen LogP contribution is -2.10. The van der Waals surface area contributed by atoms with Gasteiger partial charge in [0.1, 0.15) is 5.75 Å². The van der Waals surface area contributed by atoms with Crippen molar-refractivity contribution >= 4 is 26.9 Å². The highest BCUT2D eigenvalue weighted by Gasteiger charge is 2.01.